The molecule has 0 aromatic carbocycles. The van der Waals surface area contributed by atoms with Crippen LogP contribution in [0.1, 0.15) is 49.4 Å². The summed E-state index contributed by atoms with van der Waals surface area (Å²) in [6.07, 6.45) is 2.57. The molecular weight excluding hydrogens is 318 g/mol. The van der Waals surface area contributed by atoms with Gasteiger partial charge in [-0.2, -0.15) is 4.98 Å². The van der Waals surface area contributed by atoms with E-state index < -0.39 is 0 Å². The van der Waals surface area contributed by atoms with Gasteiger partial charge in [-0.25, -0.2) is 0 Å². The summed E-state index contributed by atoms with van der Waals surface area (Å²) in [5.41, 5.74) is 0.361. The fraction of sp³-hybridized carbons (Fsp3) is 0.556. The van der Waals surface area contributed by atoms with Crippen LogP contribution in [-0.2, 0) is 12.0 Å². The molecule has 1 amide bonds. The van der Waals surface area contributed by atoms with Gasteiger partial charge < -0.3 is 9.42 Å². The molecule has 3 heterocycles. The Hall–Kier alpha value is -2.28. The number of nitrogens with zero attached hydrogens (tertiary/aromatic N) is 5. The molecule has 1 saturated heterocycles. The molecule has 2 aromatic heterocycles. The summed E-state index contributed by atoms with van der Waals surface area (Å²) < 4.78 is 5.36. The van der Waals surface area contributed by atoms with E-state index in [9.17, 15) is 4.79 Å². The van der Waals surface area contributed by atoms with E-state index in [0.29, 0.717) is 30.5 Å². The van der Waals surface area contributed by atoms with Crippen molar-refractivity contribution in [2.24, 2.45) is 0 Å². The predicted octanol–water partition coefficient (Wildman–Crippen LogP) is 2.11. The van der Waals surface area contributed by atoms with E-state index in [-0.39, 0.29) is 11.3 Å². The highest BCUT2D eigenvalue weighted by atomic mass is 16.5. The van der Waals surface area contributed by atoms with Crippen LogP contribution < -0.4 is 0 Å². The summed E-state index contributed by atoms with van der Waals surface area (Å²) in [4.78, 5) is 25.3. The molecule has 1 aliphatic rings. The molecular formula is C18H25N5O2. The summed E-state index contributed by atoms with van der Waals surface area (Å²) in [5, 5.41) is 4.09. The Balaban J connectivity index is 1.58. The van der Waals surface area contributed by atoms with Crippen LogP contribution in [0.15, 0.2) is 28.9 Å². The summed E-state index contributed by atoms with van der Waals surface area (Å²) in [6, 6.07) is 5.42. The van der Waals surface area contributed by atoms with E-state index in [1.54, 1.807) is 12.3 Å². The van der Waals surface area contributed by atoms with Gasteiger partial charge in [-0.15, -0.1) is 0 Å². The zero-order chi connectivity index (χ0) is 17.9. The van der Waals surface area contributed by atoms with Crippen molar-refractivity contribution in [2.75, 3.05) is 26.2 Å². The smallest absolute Gasteiger partial charge is 0.272 e. The van der Waals surface area contributed by atoms with Crippen molar-refractivity contribution in [1.29, 1.82) is 0 Å². The molecule has 1 aliphatic heterocycles. The number of hydrogen-bond acceptors (Lipinski definition) is 6. The number of carbonyl (C=O) groups is 1. The average Bonchev–Trinajstić information content (AvgIpc) is 2.94. The lowest BCUT2D eigenvalue weighted by atomic mass is 9.97. The van der Waals surface area contributed by atoms with Gasteiger partial charge in [0.05, 0.1) is 6.54 Å². The monoisotopic (exact) mass is 343 g/mol. The second-order valence-electron chi connectivity index (χ2n) is 7.40. The van der Waals surface area contributed by atoms with Crippen molar-refractivity contribution in [3.63, 3.8) is 0 Å². The lowest BCUT2D eigenvalue weighted by molar-refractivity contribution is 0.0755. The maximum Gasteiger partial charge on any atom is 0.272 e. The minimum atomic E-state index is -0.143. The summed E-state index contributed by atoms with van der Waals surface area (Å²) in [6.45, 7) is 9.92. The maximum absolute atomic E-state index is 12.5. The van der Waals surface area contributed by atoms with Gasteiger partial charge in [0.1, 0.15) is 5.69 Å². The van der Waals surface area contributed by atoms with Crippen LogP contribution in [0.25, 0.3) is 0 Å². The molecule has 0 N–H and O–H groups in total. The Morgan fingerprint density at radius 1 is 1.20 bits per heavy atom. The van der Waals surface area contributed by atoms with E-state index in [0.717, 1.165) is 26.1 Å². The first-order chi connectivity index (χ1) is 11.9. The first kappa shape index (κ1) is 17.5. The van der Waals surface area contributed by atoms with Crippen LogP contribution in [0.3, 0.4) is 0 Å². The second-order valence-corrected chi connectivity index (χ2v) is 7.40. The average molecular weight is 343 g/mol. The first-order valence-electron chi connectivity index (χ1n) is 8.69. The Labute approximate surface area is 148 Å². The van der Waals surface area contributed by atoms with Gasteiger partial charge in [-0.1, -0.05) is 32.0 Å². The highest BCUT2D eigenvalue weighted by Gasteiger charge is 2.24. The normalized spacial score (nSPS) is 16.7. The number of carbonyl (C=O) groups excluding carboxylic acids is 1. The van der Waals surface area contributed by atoms with Crippen molar-refractivity contribution in [2.45, 2.75) is 39.2 Å². The van der Waals surface area contributed by atoms with Gasteiger partial charge in [-0.05, 0) is 18.6 Å². The van der Waals surface area contributed by atoms with Gasteiger partial charge in [0.25, 0.3) is 5.91 Å². The lowest BCUT2D eigenvalue weighted by Gasteiger charge is -2.20. The summed E-state index contributed by atoms with van der Waals surface area (Å²) >= 11 is 0. The van der Waals surface area contributed by atoms with E-state index in [1.807, 2.05) is 17.0 Å². The van der Waals surface area contributed by atoms with E-state index >= 15 is 0 Å². The molecule has 0 unspecified atom stereocenters. The van der Waals surface area contributed by atoms with Gasteiger partial charge in [0, 0.05) is 37.8 Å². The third kappa shape index (κ3) is 4.42. The van der Waals surface area contributed by atoms with Crippen molar-refractivity contribution >= 4 is 5.91 Å². The highest BCUT2D eigenvalue weighted by Crippen LogP contribution is 2.20. The molecule has 7 nitrogen and oxygen atoms in total. The molecule has 3 rings (SSSR count). The SMILES string of the molecule is CC(C)(C)c1nc(CN2CCCN(C(=O)c3ccccn3)CC2)no1. The predicted molar refractivity (Wildman–Crippen MR) is 93.0 cm³/mol. The maximum atomic E-state index is 12.5. The molecule has 1 fully saturated rings. The fourth-order valence-electron chi connectivity index (χ4n) is 2.81. The van der Waals surface area contributed by atoms with Crippen LogP contribution in [0.4, 0.5) is 0 Å². The Morgan fingerprint density at radius 2 is 2.04 bits per heavy atom. The van der Waals surface area contributed by atoms with Crippen LogP contribution in [0.2, 0.25) is 0 Å². The molecule has 2 aromatic rings. The molecule has 0 bridgehead atoms. The largest absolute Gasteiger partial charge is 0.339 e. The zero-order valence-corrected chi connectivity index (χ0v) is 15.1. The lowest BCUT2D eigenvalue weighted by Crippen LogP contribution is -2.35. The van der Waals surface area contributed by atoms with Gasteiger partial charge in [0.2, 0.25) is 5.89 Å². The van der Waals surface area contributed by atoms with Crippen molar-refractivity contribution < 1.29 is 9.32 Å². The molecule has 0 saturated carbocycles. The fourth-order valence-corrected chi connectivity index (χ4v) is 2.81. The Bertz CT molecular complexity index is 708. The van der Waals surface area contributed by atoms with Crippen molar-refractivity contribution in [1.82, 2.24) is 24.9 Å². The topological polar surface area (TPSA) is 75.4 Å². The molecule has 0 radical (unpaired) electrons. The minimum absolute atomic E-state index is 0.00275. The molecule has 0 atom stereocenters. The molecule has 7 heteroatoms. The first-order valence-corrected chi connectivity index (χ1v) is 8.69. The van der Waals surface area contributed by atoms with Crippen LogP contribution in [0, 0.1) is 0 Å². The number of hydrogen-bond donors (Lipinski definition) is 0. The van der Waals surface area contributed by atoms with Crippen LogP contribution in [-0.4, -0.2) is 57.0 Å². The molecule has 0 aliphatic carbocycles. The van der Waals surface area contributed by atoms with Gasteiger partial charge >= 0.3 is 0 Å². The highest BCUT2D eigenvalue weighted by molar-refractivity contribution is 5.92. The van der Waals surface area contributed by atoms with E-state index in [1.165, 1.54) is 0 Å². The molecule has 0 spiro atoms. The number of pyridine rings is 1. The Kier molecular flexibility index (Phi) is 5.13. The number of amides is 1. The third-order valence-electron chi connectivity index (χ3n) is 4.23. The summed E-state index contributed by atoms with van der Waals surface area (Å²) in [7, 11) is 0. The van der Waals surface area contributed by atoms with E-state index in [4.69, 9.17) is 4.52 Å². The standard InChI is InChI=1S/C18H25N5O2/c1-18(2,3)17-20-15(21-25-17)13-22-9-6-10-23(12-11-22)16(24)14-7-4-5-8-19-14/h4-5,7-8H,6,9-13H2,1-3H3. The molecule has 134 valence electrons. The van der Waals surface area contributed by atoms with Crippen LogP contribution in [0.5, 0.6) is 0 Å². The second kappa shape index (κ2) is 7.31. The minimum Gasteiger partial charge on any atom is -0.339 e. The number of aromatic nitrogens is 3. The van der Waals surface area contributed by atoms with Crippen molar-refractivity contribution in [3.8, 4) is 0 Å². The third-order valence-corrected chi connectivity index (χ3v) is 4.23. The quantitative estimate of drug-likeness (QED) is 0.850. The van der Waals surface area contributed by atoms with E-state index in [2.05, 4.69) is 40.8 Å². The Morgan fingerprint density at radius 3 is 2.72 bits per heavy atom. The summed E-state index contributed by atoms with van der Waals surface area (Å²) in [5.74, 6) is 1.36. The zero-order valence-electron chi connectivity index (χ0n) is 15.1. The van der Waals surface area contributed by atoms with Gasteiger partial charge in [-0.3, -0.25) is 14.7 Å². The van der Waals surface area contributed by atoms with Crippen molar-refractivity contribution in [3.05, 3.63) is 41.8 Å². The van der Waals surface area contributed by atoms with Gasteiger partial charge in [0.15, 0.2) is 5.82 Å². The van der Waals surface area contributed by atoms with Crippen LogP contribution >= 0.6 is 0 Å². The molecule has 25 heavy (non-hydrogen) atoms. The number of rotatable bonds is 3.